The van der Waals surface area contributed by atoms with Crippen molar-refractivity contribution in [1.29, 1.82) is 0 Å². The lowest BCUT2D eigenvalue weighted by molar-refractivity contribution is -0.358. The van der Waals surface area contributed by atoms with Gasteiger partial charge in [-0.15, -0.1) is 0 Å². The molecule has 1 aromatic rings. The molecule has 5 saturated heterocycles. The second-order valence-electron chi connectivity index (χ2n) is 26.5. The Labute approximate surface area is 504 Å². The average Bonchev–Trinajstić information content (AvgIpc) is 1.38. The first kappa shape index (κ1) is 66.2. The molecule has 9 fully saturated rings. The number of carbonyl (C=O) groups excluding carboxylic acids is 2. The van der Waals surface area contributed by atoms with E-state index in [9.17, 15) is 45.3 Å². The second kappa shape index (κ2) is 26.9. The third-order valence-corrected chi connectivity index (χ3v) is 21.8. The SMILES string of the molecule is CO[C@H]1C[C@H](O[C@H]2CC[C@@]3(C)[C@@H](CC[C@]4(O)[C@@H]3C[C@@H](OC(=O)/C=C/c3ccccc3)[C@]3(C)[C@H](C(C)=O)CC[C@@]34O)C2)O[C@H](C)[C@H]1O[C@H]1C[C@H](O)[C@H](O[C@H]2C[C@H](OC)[C@H](O[C@H]3C[C@H](OC)[C@H](O[C@@H]4O[C@H](CO)[C@@H](O)[C@H](O)[C@H]4O)[C@@H](C)O3)[C@@H](C)O2)[C@@H](C)O1. The lowest BCUT2D eigenvalue weighted by Crippen LogP contribution is -2.76. The lowest BCUT2D eigenvalue weighted by atomic mass is 9.40. The minimum absolute atomic E-state index is 0.0883. The number of hydrogen-bond acceptors (Lipinski definition) is 23. The van der Waals surface area contributed by atoms with Gasteiger partial charge in [0.1, 0.15) is 66.3 Å². The standard InChI is InChI=1S/C63H96O23/c1-31(65)39-20-23-63(72)61(39,7)46(82-47(67)17-16-36-14-12-11-13-15-36)29-45-60(6)21-19-38(24-37(60)18-22-62(45,63)71)80-49-26-41(73-8)56(33(3)77-49)84-48-25-40(66)55(32(2)76-48)83-50-27-42(74-9)57(34(4)78-50)85-51-28-43(75-10)58(35(5)79-51)86-59-54(70)53(69)52(68)44(30-64)81-59/h11-17,32-35,37-46,48-59,64,66,68-72H,18-30H2,1-10H3/b17-16+/t32-,33-,34-,35-,37+,38+,39+,40+,41+,42+,43+,44-,45-,46-,48+,49+,50+,51+,52-,53+,54-,55-,56-,57-,58-,59+,60+,61+,62+,63-/m1/s1. The number of methoxy groups -OCH3 is 3. The molecule has 4 saturated carbocycles. The normalized spacial score (nSPS) is 49.8. The van der Waals surface area contributed by atoms with Crippen molar-refractivity contribution in [2.45, 2.75) is 278 Å². The Balaban J connectivity index is 0.704. The van der Waals surface area contributed by atoms with Gasteiger partial charge in [0.25, 0.3) is 0 Å². The minimum atomic E-state index is -1.66. The molecule has 0 aromatic heterocycles. The topological polar surface area (TPSA) is 305 Å². The van der Waals surface area contributed by atoms with E-state index in [1.807, 2.05) is 58.0 Å². The van der Waals surface area contributed by atoms with Gasteiger partial charge in [-0.3, -0.25) is 4.79 Å². The number of hydrogen-bond donors (Lipinski definition) is 7. The molecule has 0 radical (unpaired) electrons. The highest BCUT2D eigenvalue weighted by Crippen LogP contribution is 2.71. The molecule has 23 heteroatoms. The number of ether oxygens (including phenoxy) is 14. The third kappa shape index (κ3) is 12.6. The van der Waals surface area contributed by atoms with Crippen LogP contribution in [0.25, 0.3) is 6.08 Å². The summed E-state index contributed by atoms with van der Waals surface area (Å²) in [6, 6.07) is 9.44. The van der Waals surface area contributed by atoms with Crippen molar-refractivity contribution in [3.63, 3.8) is 0 Å². The summed E-state index contributed by atoms with van der Waals surface area (Å²) in [6.07, 6.45) is -10.9. The van der Waals surface area contributed by atoms with Crippen LogP contribution in [0.4, 0.5) is 0 Å². The number of aliphatic hydroxyl groups is 7. The fraction of sp³-hybridized carbons (Fsp3) is 0.841. The second-order valence-corrected chi connectivity index (χ2v) is 26.5. The van der Waals surface area contributed by atoms with Gasteiger partial charge in [-0.1, -0.05) is 44.2 Å². The van der Waals surface area contributed by atoms with E-state index < -0.39 is 182 Å². The van der Waals surface area contributed by atoms with Gasteiger partial charge >= 0.3 is 5.97 Å². The van der Waals surface area contributed by atoms with Crippen molar-refractivity contribution in [3.8, 4) is 0 Å². The minimum Gasteiger partial charge on any atom is -0.458 e. The summed E-state index contributed by atoms with van der Waals surface area (Å²) in [6.45, 7) is 12.3. The summed E-state index contributed by atoms with van der Waals surface area (Å²) in [7, 11) is 4.69. The van der Waals surface area contributed by atoms with E-state index >= 15 is 0 Å². The highest BCUT2D eigenvalue weighted by atomic mass is 16.8. The van der Waals surface area contributed by atoms with Crippen molar-refractivity contribution in [2.75, 3.05) is 27.9 Å². The molecule has 9 aliphatic rings. The van der Waals surface area contributed by atoms with Crippen molar-refractivity contribution >= 4 is 17.8 Å². The summed E-state index contributed by atoms with van der Waals surface area (Å²) < 4.78 is 87.6. The number of carbonyl (C=O) groups is 2. The van der Waals surface area contributed by atoms with Gasteiger partial charge in [-0.05, 0) is 115 Å². The quantitative estimate of drug-likeness (QED) is 0.0630. The van der Waals surface area contributed by atoms with Crippen LogP contribution < -0.4 is 0 Å². The van der Waals surface area contributed by atoms with Gasteiger partial charge in [0, 0.05) is 64.4 Å². The smallest absolute Gasteiger partial charge is 0.331 e. The van der Waals surface area contributed by atoms with Crippen molar-refractivity contribution in [1.82, 2.24) is 0 Å². The van der Waals surface area contributed by atoms with Gasteiger partial charge in [0.05, 0.1) is 67.1 Å². The molecule has 0 amide bonds. The van der Waals surface area contributed by atoms with E-state index in [2.05, 4.69) is 6.92 Å². The van der Waals surface area contributed by atoms with Gasteiger partial charge in [0.15, 0.2) is 31.5 Å². The molecule has 30 atom stereocenters. The Morgan fingerprint density at radius 3 is 1.70 bits per heavy atom. The molecule has 5 aliphatic heterocycles. The van der Waals surface area contributed by atoms with Gasteiger partial charge in [-0.2, -0.15) is 0 Å². The zero-order valence-electron chi connectivity index (χ0n) is 51.4. The Kier molecular flexibility index (Phi) is 20.7. The Morgan fingerprint density at radius 1 is 0.616 bits per heavy atom. The number of benzene rings is 1. The molecule has 86 heavy (non-hydrogen) atoms. The Morgan fingerprint density at radius 2 is 1.15 bits per heavy atom. The molecule has 4 aliphatic carbocycles. The van der Waals surface area contributed by atoms with Crippen LogP contribution in [0.5, 0.6) is 0 Å². The number of aliphatic hydroxyl groups excluding tert-OH is 5. The molecular weight excluding hydrogens is 1120 g/mol. The first-order chi connectivity index (χ1) is 40.9. The monoisotopic (exact) mass is 1220 g/mol. The summed E-state index contributed by atoms with van der Waals surface area (Å²) in [5.74, 6) is -1.53. The zero-order chi connectivity index (χ0) is 61.8. The molecule has 486 valence electrons. The summed E-state index contributed by atoms with van der Waals surface area (Å²) in [5.41, 5.74) is -3.96. The Bertz CT molecular complexity index is 2440. The van der Waals surface area contributed by atoms with E-state index in [1.54, 1.807) is 27.2 Å². The van der Waals surface area contributed by atoms with Crippen LogP contribution in [0.3, 0.4) is 0 Å². The van der Waals surface area contributed by atoms with Crippen LogP contribution >= 0.6 is 0 Å². The predicted molar refractivity (Wildman–Crippen MR) is 302 cm³/mol. The van der Waals surface area contributed by atoms with Crippen LogP contribution in [0, 0.1) is 28.6 Å². The fourth-order valence-corrected chi connectivity index (χ4v) is 17.0. The molecule has 0 bridgehead atoms. The van der Waals surface area contributed by atoms with Crippen LogP contribution in [0.2, 0.25) is 0 Å². The predicted octanol–water partition coefficient (Wildman–Crippen LogP) is 3.37. The van der Waals surface area contributed by atoms with Gasteiger partial charge < -0.3 is 102 Å². The number of rotatable bonds is 18. The summed E-state index contributed by atoms with van der Waals surface area (Å²) in [4.78, 5) is 26.9. The first-order valence-electron chi connectivity index (χ1n) is 31.2. The first-order valence-corrected chi connectivity index (χ1v) is 31.2. The molecule has 0 spiro atoms. The third-order valence-electron chi connectivity index (χ3n) is 21.8. The fourth-order valence-electron chi connectivity index (χ4n) is 17.0. The number of ketones is 1. The van der Waals surface area contributed by atoms with E-state index in [1.165, 1.54) is 20.1 Å². The number of Topliss-reactive ketones (excluding diaryl/α,β-unsaturated/α-hetero) is 1. The zero-order valence-corrected chi connectivity index (χ0v) is 51.4. The molecular formula is C63H96O23. The van der Waals surface area contributed by atoms with E-state index in [0.717, 1.165) is 5.56 Å². The molecule has 5 heterocycles. The van der Waals surface area contributed by atoms with Crippen molar-refractivity contribution < 1.29 is 112 Å². The van der Waals surface area contributed by atoms with Gasteiger partial charge in [0.2, 0.25) is 0 Å². The average molecular weight is 1220 g/mol. The van der Waals surface area contributed by atoms with E-state index in [-0.39, 0.29) is 43.5 Å². The highest BCUT2D eigenvalue weighted by molar-refractivity contribution is 5.87. The summed E-state index contributed by atoms with van der Waals surface area (Å²) >= 11 is 0. The van der Waals surface area contributed by atoms with Crippen molar-refractivity contribution in [2.24, 2.45) is 28.6 Å². The van der Waals surface area contributed by atoms with Crippen LogP contribution in [-0.4, -0.2) is 228 Å². The maximum atomic E-state index is 13.6. The highest BCUT2D eigenvalue weighted by Gasteiger charge is 2.78. The molecule has 1 aromatic carbocycles. The maximum Gasteiger partial charge on any atom is 0.331 e. The van der Waals surface area contributed by atoms with E-state index in [0.29, 0.717) is 51.4 Å². The lowest BCUT2D eigenvalue weighted by Gasteiger charge is -2.68. The maximum absolute atomic E-state index is 13.6. The number of esters is 1. The van der Waals surface area contributed by atoms with Crippen LogP contribution in [0.1, 0.15) is 131 Å². The van der Waals surface area contributed by atoms with E-state index in [4.69, 9.17) is 66.3 Å². The molecule has 10 rings (SSSR count). The number of fused-ring (bicyclic) bond motifs is 5. The van der Waals surface area contributed by atoms with Gasteiger partial charge in [-0.25, -0.2) is 4.79 Å². The Hall–Kier alpha value is -2.70. The summed E-state index contributed by atoms with van der Waals surface area (Å²) in [5, 5.41) is 78.6. The van der Waals surface area contributed by atoms with Crippen LogP contribution in [-0.2, 0) is 75.9 Å². The molecule has 23 nitrogen and oxygen atoms in total. The molecule has 7 N–H and O–H groups in total. The largest absolute Gasteiger partial charge is 0.458 e. The van der Waals surface area contributed by atoms with Crippen molar-refractivity contribution in [3.05, 3.63) is 42.0 Å². The molecule has 0 unspecified atom stereocenters. The van der Waals surface area contributed by atoms with Crippen LogP contribution in [0.15, 0.2) is 36.4 Å².